The Kier molecular flexibility index (Phi) is 5.71. The minimum absolute atomic E-state index is 0.0401. The highest BCUT2D eigenvalue weighted by Gasteiger charge is 2.23. The third kappa shape index (κ3) is 4.72. The number of hydrogen-bond acceptors (Lipinski definition) is 2. The summed E-state index contributed by atoms with van der Waals surface area (Å²) in [5.74, 6) is 1.97. The van der Waals surface area contributed by atoms with Crippen LogP contribution in [0.5, 0.6) is 11.5 Å². The Bertz CT molecular complexity index is 561. The maximum absolute atomic E-state index is 5.87. The average molecular weight is 345 g/mol. The van der Waals surface area contributed by atoms with E-state index in [9.17, 15) is 0 Å². The van der Waals surface area contributed by atoms with Crippen LogP contribution in [0.4, 0.5) is 0 Å². The third-order valence-corrected chi connectivity index (χ3v) is 5.38. The van der Waals surface area contributed by atoms with Crippen molar-refractivity contribution in [2.24, 2.45) is 0 Å². The van der Waals surface area contributed by atoms with Gasteiger partial charge in [0.1, 0.15) is 11.5 Å². The fourth-order valence-corrected chi connectivity index (χ4v) is 4.01. The Morgan fingerprint density at radius 2 is 0.913 bits per heavy atom. The molecule has 0 saturated heterocycles. The molecule has 2 aromatic rings. The van der Waals surface area contributed by atoms with Gasteiger partial charge in [0.2, 0.25) is 18.1 Å². The minimum Gasteiger partial charge on any atom is -0.547 e. The highest BCUT2D eigenvalue weighted by Crippen LogP contribution is 2.33. The maximum atomic E-state index is 5.87. The van der Waals surface area contributed by atoms with Crippen molar-refractivity contribution < 1.29 is 8.85 Å². The van der Waals surface area contributed by atoms with E-state index in [1.165, 1.54) is 11.1 Å². The molecule has 0 aromatic heterocycles. The molecular formula is C19H28O2Si2. The number of hydrogen-bond donors (Lipinski definition) is 0. The summed E-state index contributed by atoms with van der Waals surface area (Å²) in [6.45, 7) is 13.2. The monoisotopic (exact) mass is 344 g/mol. The minimum atomic E-state index is -1.04. The summed E-state index contributed by atoms with van der Waals surface area (Å²) in [6, 6.07) is 17.1. The Labute approximate surface area is 143 Å². The Morgan fingerprint density at radius 3 is 1.17 bits per heavy atom. The second-order valence-corrected chi connectivity index (χ2v) is 11.7. The Balaban J connectivity index is 2.19. The van der Waals surface area contributed by atoms with Crippen molar-refractivity contribution in [2.45, 2.75) is 45.5 Å². The summed E-state index contributed by atoms with van der Waals surface area (Å²) >= 11 is 0. The smallest absolute Gasteiger partial charge is 0.229 e. The van der Waals surface area contributed by atoms with E-state index in [1.807, 2.05) is 0 Å². The first-order valence-electron chi connectivity index (χ1n) is 8.33. The largest absolute Gasteiger partial charge is 0.547 e. The van der Waals surface area contributed by atoms with Gasteiger partial charge < -0.3 is 8.85 Å². The van der Waals surface area contributed by atoms with Crippen LogP contribution >= 0.6 is 0 Å². The number of benzene rings is 2. The van der Waals surface area contributed by atoms with E-state index >= 15 is 0 Å². The van der Waals surface area contributed by atoms with E-state index in [4.69, 9.17) is 8.85 Å². The first-order valence-corrected chi connectivity index (χ1v) is 13.9. The van der Waals surface area contributed by atoms with Crippen molar-refractivity contribution >= 4 is 18.1 Å². The van der Waals surface area contributed by atoms with E-state index in [0.29, 0.717) is 0 Å². The fraction of sp³-hybridized carbons (Fsp3) is 0.368. The van der Waals surface area contributed by atoms with Crippen LogP contribution in [-0.4, -0.2) is 18.1 Å². The molecule has 2 rings (SSSR count). The quantitative estimate of drug-likeness (QED) is 0.705. The van der Waals surface area contributed by atoms with Crippen LogP contribution in [0.3, 0.4) is 0 Å². The summed E-state index contributed by atoms with van der Waals surface area (Å²) in [5.41, 5.74) is 2.55. The van der Waals surface area contributed by atoms with Gasteiger partial charge in [0.25, 0.3) is 0 Å². The van der Waals surface area contributed by atoms with E-state index in [-0.39, 0.29) is 5.41 Å². The van der Waals surface area contributed by atoms with Crippen molar-refractivity contribution in [2.75, 3.05) is 0 Å². The van der Waals surface area contributed by atoms with Crippen molar-refractivity contribution in [3.8, 4) is 11.5 Å². The Hall–Kier alpha value is -1.53. The molecule has 0 radical (unpaired) electrons. The molecule has 0 atom stereocenters. The lowest BCUT2D eigenvalue weighted by molar-refractivity contribution is 0.575. The molecule has 0 saturated carbocycles. The predicted molar refractivity (Wildman–Crippen MR) is 104 cm³/mol. The molecule has 0 spiro atoms. The van der Waals surface area contributed by atoms with Crippen LogP contribution < -0.4 is 8.85 Å². The lowest BCUT2D eigenvalue weighted by Gasteiger charge is -2.27. The van der Waals surface area contributed by atoms with Crippen molar-refractivity contribution in [3.05, 3.63) is 59.7 Å². The number of rotatable bonds is 6. The highest BCUT2D eigenvalue weighted by atomic mass is 28.3. The molecule has 4 heteroatoms. The van der Waals surface area contributed by atoms with Crippen LogP contribution in [0.15, 0.2) is 48.5 Å². The van der Waals surface area contributed by atoms with Gasteiger partial charge in [-0.05, 0) is 61.6 Å². The topological polar surface area (TPSA) is 18.5 Å². The first kappa shape index (κ1) is 17.8. The molecule has 0 aliphatic rings. The summed E-state index contributed by atoms with van der Waals surface area (Å²) in [4.78, 5) is 0. The molecule has 2 aromatic carbocycles. The molecule has 0 unspecified atom stereocenters. The van der Waals surface area contributed by atoms with Crippen LogP contribution in [0, 0.1) is 0 Å². The molecular weight excluding hydrogens is 316 g/mol. The van der Waals surface area contributed by atoms with Gasteiger partial charge in [-0.1, -0.05) is 38.1 Å². The zero-order valence-electron chi connectivity index (χ0n) is 15.1. The predicted octanol–water partition coefficient (Wildman–Crippen LogP) is 4.74. The van der Waals surface area contributed by atoms with Crippen LogP contribution in [0.1, 0.15) is 25.0 Å². The van der Waals surface area contributed by atoms with Gasteiger partial charge in [-0.25, -0.2) is 0 Å². The van der Waals surface area contributed by atoms with Gasteiger partial charge in [0, 0.05) is 5.41 Å². The molecule has 0 bridgehead atoms. The summed E-state index contributed by atoms with van der Waals surface area (Å²) < 4.78 is 11.7. The van der Waals surface area contributed by atoms with Crippen molar-refractivity contribution in [1.82, 2.24) is 0 Å². The molecule has 0 heterocycles. The normalized spacial score (nSPS) is 11.8. The second kappa shape index (κ2) is 7.36. The van der Waals surface area contributed by atoms with E-state index in [1.54, 1.807) is 0 Å². The molecule has 0 N–H and O–H groups in total. The van der Waals surface area contributed by atoms with Crippen LogP contribution in [-0.2, 0) is 5.41 Å². The summed E-state index contributed by atoms with van der Waals surface area (Å²) in [6.07, 6.45) is 0. The zero-order chi connectivity index (χ0) is 17.0. The molecule has 2 nitrogen and oxygen atoms in total. The van der Waals surface area contributed by atoms with Gasteiger partial charge in [0.05, 0.1) is 0 Å². The fourth-order valence-electron chi connectivity index (χ4n) is 2.61. The van der Waals surface area contributed by atoms with E-state index in [0.717, 1.165) is 11.5 Å². The van der Waals surface area contributed by atoms with Crippen molar-refractivity contribution in [3.63, 3.8) is 0 Å². The van der Waals surface area contributed by atoms with Crippen molar-refractivity contribution in [1.29, 1.82) is 0 Å². The molecule has 0 amide bonds. The third-order valence-electron chi connectivity index (χ3n) is 3.90. The summed E-state index contributed by atoms with van der Waals surface area (Å²) in [5, 5.41) is 0. The molecule has 23 heavy (non-hydrogen) atoms. The lowest BCUT2D eigenvalue weighted by Crippen LogP contribution is -2.19. The van der Waals surface area contributed by atoms with Crippen LogP contribution in [0.25, 0.3) is 0 Å². The van der Waals surface area contributed by atoms with Gasteiger partial charge >= 0.3 is 0 Å². The van der Waals surface area contributed by atoms with Gasteiger partial charge in [-0.3, -0.25) is 0 Å². The van der Waals surface area contributed by atoms with Crippen LogP contribution in [0.2, 0.25) is 26.2 Å². The molecule has 0 aliphatic carbocycles. The molecule has 124 valence electrons. The van der Waals surface area contributed by atoms with Gasteiger partial charge in [-0.2, -0.15) is 0 Å². The maximum Gasteiger partial charge on any atom is 0.229 e. The van der Waals surface area contributed by atoms with E-state index in [2.05, 4.69) is 88.6 Å². The lowest BCUT2D eigenvalue weighted by atomic mass is 9.78. The SMILES string of the molecule is C[SiH](C)Oc1ccc(C(C)(C)c2ccc(O[SiH](C)C)cc2)cc1. The molecule has 0 aliphatic heterocycles. The highest BCUT2D eigenvalue weighted by molar-refractivity contribution is 6.49. The average Bonchev–Trinajstić information content (AvgIpc) is 2.47. The standard InChI is InChI=1S/C19H28O2Si2/c1-19(2,15-7-11-17(12-8-15)20-22(3)4)16-9-13-18(14-10-16)21-23(5)6/h7-14,22-23H,1-6H3. The zero-order valence-corrected chi connectivity index (χ0v) is 17.4. The second-order valence-electron chi connectivity index (χ2n) is 7.01. The van der Waals surface area contributed by atoms with Gasteiger partial charge in [-0.15, -0.1) is 0 Å². The van der Waals surface area contributed by atoms with E-state index < -0.39 is 18.1 Å². The first-order chi connectivity index (χ1) is 10.8. The Morgan fingerprint density at radius 1 is 0.609 bits per heavy atom. The molecule has 0 fully saturated rings. The summed E-state index contributed by atoms with van der Waals surface area (Å²) in [7, 11) is -2.09. The van der Waals surface area contributed by atoms with Gasteiger partial charge in [0.15, 0.2) is 0 Å².